The number of nitriles is 1. The van der Waals surface area contributed by atoms with E-state index in [1.165, 1.54) is 0 Å². The van der Waals surface area contributed by atoms with Gasteiger partial charge in [-0.15, -0.1) is 0 Å². The highest BCUT2D eigenvalue weighted by molar-refractivity contribution is 5.94. The molecule has 18 heavy (non-hydrogen) atoms. The first kappa shape index (κ1) is 13.8. The number of ether oxygens (including phenoxy) is 1. The Morgan fingerprint density at radius 2 is 2.28 bits per heavy atom. The number of hydrogen-bond acceptors (Lipinski definition) is 6. The van der Waals surface area contributed by atoms with Crippen molar-refractivity contribution in [2.45, 2.75) is 6.92 Å². The van der Waals surface area contributed by atoms with Crippen LogP contribution in [-0.2, 0) is 9.53 Å². The van der Waals surface area contributed by atoms with Crippen LogP contribution in [0.1, 0.15) is 6.92 Å². The zero-order valence-corrected chi connectivity index (χ0v) is 11.0. The summed E-state index contributed by atoms with van der Waals surface area (Å²) in [5.41, 5.74) is 0.235. The predicted molar refractivity (Wildman–Crippen MR) is 67.3 cm³/mol. The van der Waals surface area contributed by atoms with Gasteiger partial charge in [-0.05, 0) is 6.92 Å². The van der Waals surface area contributed by atoms with Crippen molar-refractivity contribution < 1.29 is 9.53 Å². The largest absolute Gasteiger partial charge is 0.462 e. The third-order valence-corrected chi connectivity index (χ3v) is 2.30. The fourth-order valence-electron chi connectivity index (χ4n) is 1.46. The summed E-state index contributed by atoms with van der Waals surface area (Å²) >= 11 is 0. The van der Waals surface area contributed by atoms with Crippen molar-refractivity contribution in [3.8, 4) is 6.07 Å². The fraction of sp³-hybridized carbons (Fsp3) is 0.417. The molecule has 1 aliphatic rings. The molecule has 6 heteroatoms. The summed E-state index contributed by atoms with van der Waals surface area (Å²) in [7, 11) is 5.58. The molecule has 0 aromatic rings. The zero-order valence-electron chi connectivity index (χ0n) is 11.0. The van der Waals surface area contributed by atoms with Crippen molar-refractivity contribution in [1.82, 2.24) is 9.80 Å². The maximum atomic E-state index is 11.6. The van der Waals surface area contributed by atoms with Crippen LogP contribution in [0.4, 0.5) is 0 Å². The molecule has 0 unspecified atom stereocenters. The molecule has 0 aliphatic carbocycles. The van der Waals surface area contributed by atoms with Gasteiger partial charge in [0.2, 0.25) is 0 Å². The van der Waals surface area contributed by atoms with E-state index in [4.69, 9.17) is 10.00 Å². The zero-order chi connectivity index (χ0) is 13.7. The van der Waals surface area contributed by atoms with Gasteiger partial charge in [0.15, 0.2) is 5.57 Å². The summed E-state index contributed by atoms with van der Waals surface area (Å²) in [6.07, 6.45) is 3.23. The maximum absolute atomic E-state index is 11.6. The summed E-state index contributed by atoms with van der Waals surface area (Å²) < 4.78 is 4.82. The van der Waals surface area contributed by atoms with Crippen LogP contribution < -0.4 is 0 Å². The Labute approximate surface area is 106 Å². The van der Waals surface area contributed by atoms with E-state index in [0.29, 0.717) is 5.70 Å². The van der Waals surface area contributed by atoms with Gasteiger partial charge in [0.1, 0.15) is 11.9 Å². The molecule has 0 bridgehead atoms. The molecule has 0 saturated heterocycles. The smallest absolute Gasteiger partial charge is 0.351 e. The van der Waals surface area contributed by atoms with Crippen LogP contribution >= 0.6 is 0 Å². The molecule has 0 atom stereocenters. The average Bonchev–Trinajstić information content (AvgIpc) is 2.32. The van der Waals surface area contributed by atoms with Crippen LogP contribution in [0.5, 0.6) is 0 Å². The van der Waals surface area contributed by atoms with Gasteiger partial charge in [0.25, 0.3) is 0 Å². The number of aliphatic imine (C=N–C) groups is 1. The third kappa shape index (κ3) is 2.88. The molecule has 0 spiro atoms. The first-order valence-electron chi connectivity index (χ1n) is 5.48. The minimum absolute atomic E-state index is 0.0828. The quantitative estimate of drug-likeness (QED) is 0.418. The first-order valence-corrected chi connectivity index (χ1v) is 5.48. The highest BCUT2D eigenvalue weighted by Crippen LogP contribution is 2.18. The Hall–Kier alpha value is -2.29. The van der Waals surface area contributed by atoms with Crippen LogP contribution in [0.3, 0.4) is 0 Å². The van der Waals surface area contributed by atoms with Crippen molar-refractivity contribution in [2.75, 3.05) is 27.7 Å². The molecule has 0 N–H and O–H groups in total. The van der Waals surface area contributed by atoms with E-state index in [9.17, 15) is 4.79 Å². The number of rotatable bonds is 3. The average molecular weight is 248 g/mol. The summed E-state index contributed by atoms with van der Waals surface area (Å²) in [6.45, 7) is 1.92. The third-order valence-electron chi connectivity index (χ3n) is 2.30. The Kier molecular flexibility index (Phi) is 4.49. The second kappa shape index (κ2) is 5.87. The van der Waals surface area contributed by atoms with Crippen molar-refractivity contribution in [3.05, 3.63) is 23.2 Å². The van der Waals surface area contributed by atoms with E-state index in [1.54, 1.807) is 24.2 Å². The fourth-order valence-corrected chi connectivity index (χ4v) is 1.46. The molecule has 96 valence electrons. The van der Waals surface area contributed by atoms with Gasteiger partial charge in [0, 0.05) is 27.2 Å². The SMILES string of the molecule is CCOC(=O)/C(C#N)=C1\C=C(N(C)C)N(C)C=N1. The Balaban J connectivity index is 3.18. The normalized spacial score (nSPS) is 16.8. The molecule has 0 radical (unpaired) electrons. The lowest BCUT2D eigenvalue weighted by molar-refractivity contribution is -0.138. The van der Waals surface area contributed by atoms with E-state index in [-0.39, 0.29) is 12.2 Å². The van der Waals surface area contributed by atoms with Gasteiger partial charge < -0.3 is 14.5 Å². The van der Waals surface area contributed by atoms with Gasteiger partial charge in [-0.3, -0.25) is 0 Å². The van der Waals surface area contributed by atoms with E-state index >= 15 is 0 Å². The molecule has 0 aromatic carbocycles. The van der Waals surface area contributed by atoms with Crippen LogP contribution in [-0.4, -0.2) is 49.9 Å². The van der Waals surface area contributed by atoms with Gasteiger partial charge in [-0.25, -0.2) is 9.79 Å². The molecule has 1 aliphatic heterocycles. The second-order valence-electron chi connectivity index (χ2n) is 3.84. The van der Waals surface area contributed by atoms with Crippen LogP contribution in [0.25, 0.3) is 0 Å². The number of esters is 1. The Morgan fingerprint density at radius 1 is 1.61 bits per heavy atom. The Morgan fingerprint density at radius 3 is 2.78 bits per heavy atom. The highest BCUT2D eigenvalue weighted by atomic mass is 16.5. The molecule has 0 saturated carbocycles. The lowest BCUT2D eigenvalue weighted by Gasteiger charge is -2.27. The highest BCUT2D eigenvalue weighted by Gasteiger charge is 2.19. The van der Waals surface area contributed by atoms with E-state index in [2.05, 4.69) is 4.99 Å². The van der Waals surface area contributed by atoms with Crippen molar-refractivity contribution in [3.63, 3.8) is 0 Å². The first-order chi connectivity index (χ1) is 8.51. The molecule has 1 heterocycles. The maximum Gasteiger partial charge on any atom is 0.351 e. The molecule has 6 nitrogen and oxygen atoms in total. The summed E-state index contributed by atoms with van der Waals surface area (Å²) in [5, 5.41) is 9.03. The van der Waals surface area contributed by atoms with Gasteiger partial charge >= 0.3 is 5.97 Å². The number of hydrogen-bond donors (Lipinski definition) is 0. The summed E-state index contributed by atoms with van der Waals surface area (Å²) in [4.78, 5) is 19.3. The molecule has 0 amide bonds. The molecule has 1 rings (SSSR count). The van der Waals surface area contributed by atoms with Gasteiger partial charge in [-0.2, -0.15) is 5.26 Å². The second-order valence-corrected chi connectivity index (χ2v) is 3.84. The minimum Gasteiger partial charge on any atom is -0.462 e. The summed E-state index contributed by atoms with van der Waals surface area (Å²) in [6, 6.07) is 1.84. The lowest BCUT2D eigenvalue weighted by atomic mass is 10.2. The minimum atomic E-state index is -0.647. The van der Waals surface area contributed by atoms with Crippen LogP contribution in [0.2, 0.25) is 0 Å². The van der Waals surface area contributed by atoms with Gasteiger partial charge in [0.05, 0.1) is 18.6 Å². The topological polar surface area (TPSA) is 68.9 Å². The van der Waals surface area contributed by atoms with Crippen LogP contribution in [0, 0.1) is 11.3 Å². The molecular weight excluding hydrogens is 232 g/mol. The van der Waals surface area contributed by atoms with E-state index in [0.717, 1.165) is 5.82 Å². The van der Waals surface area contributed by atoms with E-state index < -0.39 is 5.97 Å². The standard InChI is InChI=1S/C12H16N4O2/c1-5-18-12(17)9(7-13)10-6-11(15(2)3)16(4)8-14-10/h6,8H,5H2,1-4H3/b10-9+. The number of carbonyl (C=O) groups excluding carboxylic acids is 1. The summed E-state index contributed by atoms with van der Waals surface area (Å²) in [5.74, 6) is 0.183. The van der Waals surface area contributed by atoms with Crippen molar-refractivity contribution in [2.24, 2.45) is 4.99 Å². The van der Waals surface area contributed by atoms with Crippen molar-refractivity contribution >= 4 is 12.3 Å². The van der Waals surface area contributed by atoms with Crippen LogP contribution in [0.15, 0.2) is 28.2 Å². The number of carbonyl (C=O) groups is 1. The number of nitrogens with zero attached hydrogens (tertiary/aromatic N) is 4. The number of allylic oxidation sites excluding steroid dienone is 1. The molecule has 0 fully saturated rings. The monoisotopic (exact) mass is 248 g/mol. The lowest BCUT2D eigenvalue weighted by Crippen LogP contribution is -2.29. The Bertz CT molecular complexity index is 469. The van der Waals surface area contributed by atoms with Gasteiger partial charge in [-0.1, -0.05) is 0 Å². The predicted octanol–water partition coefficient (Wildman–Crippen LogP) is 0.704. The molecule has 0 aromatic heterocycles. The van der Waals surface area contributed by atoms with Crippen molar-refractivity contribution in [1.29, 1.82) is 5.26 Å². The van der Waals surface area contributed by atoms with E-state index in [1.807, 2.05) is 32.1 Å². The molecular formula is C12H16N4O2.